The molecular weight excluding hydrogens is 282 g/mol. The minimum Gasteiger partial charge on any atom is -0.507 e. The molecule has 2 N–H and O–H groups in total. The molecule has 0 aliphatic heterocycles. The first kappa shape index (κ1) is 14.0. The van der Waals surface area contributed by atoms with Gasteiger partial charge in [-0.3, -0.25) is 4.79 Å². The van der Waals surface area contributed by atoms with Crippen molar-refractivity contribution in [1.29, 1.82) is 0 Å². The van der Waals surface area contributed by atoms with Crippen molar-refractivity contribution in [3.63, 3.8) is 0 Å². The van der Waals surface area contributed by atoms with Gasteiger partial charge in [-0.25, -0.2) is 0 Å². The summed E-state index contributed by atoms with van der Waals surface area (Å²) in [5, 5.41) is 13.5. The number of amides is 1. The minimum absolute atomic E-state index is 0.00250. The Bertz CT molecular complexity index is 405. The zero-order valence-corrected chi connectivity index (χ0v) is 11.8. The molecule has 0 atom stereocenters. The summed E-state index contributed by atoms with van der Waals surface area (Å²) in [6, 6.07) is 3.63. The van der Waals surface area contributed by atoms with Crippen LogP contribution in [0, 0.1) is 13.8 Å². The Hall–Kier alpha value is -1.03. The highest BCUT2D eigenvalue weighted by molar-refractivity contribution is 9.09. The summed E-state index contributed by atoms with van der Waals surface area (Å²) in [5.74, 6) is 0.251. The lowest BCUT2D eigenvalue weighted by Gasteiger charge is -2.11. The Kier molecular flexibility index (Phi) is 5.48. The van der Waals surface area contributed by atoms with Crippen molar-refractivity contribution in [2.75, 3.05) is 10.6 Å². The van der Waals surface area contributed by atoms with E-state index in [2.05, 4.69) is 21.2 Å². The maximum atomic E-state index is 11.6. The van der Waals surface area contributed by atoms with Crippen molar-refractivity contribution in [2.24, 2.45) is 0 Å². The number of carbonyl (C=O) groups excluding carboxylic acids is 1. The van der Waals surface area contributed by atoms with Gasteiger partial charge in [0.25, 0.3) is 0 Å². The molecule has 1 aromatic carbocycles. The maximum Gasteiger partial charge on any atom is 0.224 e. The Labute approximate surface area is 110 Å². The van der Waals surface area contributed by atoms with Gasteiger partial charge in [-0.2, -0.15) is 0 Å². The van der Waals surface area contributed by atoms with E-state index in [0.29, 0.717) is 12.1 Å². The maximum absolute atomic E-state index is 11.6. The lowest BCUT2D eigenvalue weighted by atomic mass is 10.1. The van der Waals surface area contributed by atoms with Crippen molar-refractivity contribution in [1.82, 2.24) is 0 Å². The zero-order chi connectivity index (χ0) is 12.8. The molecule has 0 fully saturated rings. The van der Waals surface area contributed by atoms with E-state index in [1.807, 2.05) is 13.0 Å². The van der Waals surface area contributed by atoms with E-state index < -0.39 is 0 Å². The second-order valence-electron chi connectivity index (χ2n) is 4.10. The molecule has 94 valence electrons. The molecule has 1 rings (SSSR count). The quantitative estimate of drug-likeness (QED) is 0.646. The fraction of sp³-hybridized carbons (Fsp3) is 0.462. The van der Waals surface area contributed by atoms with Gasteiger partial charge >= 0.3 is 0 Å². The fourth-order valence-corrected chi connectivity index (χ4v) is 1.96. The predicted molar refractivity (Wildman–Crippen MR) is 73.9 cm³/mol. The number of benzene rings is 1. The highest BCUT2D eigenvalue weighted by atomic mass is 79.9. The van der Waals surface area contributed by atoms with Crippen LogP contribution in [0.15, 0.2) is 12.1 Å². The molecule has 0 aliphatic carbocycles. The van der Waals surface area contributed by atoms with Crippen LogP contribution in [0.25, 0.3) is 0 Å². The van der Waals surface area contributed by atoms with E-state index in [4.69, 9.17) is 0 Å². The number of unbranched alkanes of at least 4 members (excludes halogenated alkanes) is 1. The number of halogens is 1. The van der Waals surface area contributed by atoms with Crippen LogP contribution in [0.2, 0.25) is 0 Å². The van der Waals surface area contributed by atoms with E-state index in [1.165, 1.54) is 0 Å². The smallest absolute Gasteiger partial charge is 0.224 e. The number of hydrogen-bond acceptors (Lipinski definition) is 2. The number of rotatable bonds is 5. The third-order valence-electron chi connectivity index (χ3n) is 2.69. The van der Waals surface area contributed by atoms with Crippen molar-refractivity contribution in [3.8, 4) is 5.75 Å². The van der Waals surface area contributed by atoms with Crippen LogP contribution in [-0.4, -0.2) is 16.3 Å². The monoisotopic (exact) mass is 299 g/mol. The average Bonchev–Trinajstić information content (AvgIpc) is 2.30. The van der Waals surface area contributed by atoms with Gasteiger partial charge in [-0.05, 0) is 38.3 Å². The molecular formula is C13H18BrNO2. The molecule has 3 nitrogen and oxygen atoms in total. The third kappa shape index (κ3) is 4.04. The number of anilines is 1. The molecule has 1 aromatic rings. The summed E-state index contributed by atoms with van der Waals surface area (Å²) < 4.78 is 0. The molecule has 0 aromatic heterocycles. The number of alkyl halides is 1. The minimum atomic E-state index is -0.00250. The molecule has 1 amide bonds. The second kappa shape index (κ2) is 6.64. The van der Waals surface area contributed by atoms with Gasteiger partial charge in [0.05, 0.1) is 0 Å². The molecule has 0 spiro atoms. The highest BCUT2D eigenvalue weighted by Crippen LogP contribution is 2.28. The van der Waals surface area contributed by atoms with E-state index >= 15 is 0 Å². The van der Waals surface area contributed by atoms with Gasteiger partial charge in [-0.1, -0.05) is 22.0 Å². The van der Waals surface area contributed by atoms with Crippen molar-refractivity contribution in [2.45, 2.75) is 33.1 Å². The Balaban J connectivity index is 2.63. The molecule has 0 heterocycles. The van der Waals surface area contributed by atoms with Crippen molar-refractivity contribution >= 4 is 27.5 Å². The second-order valence-corrected chi connectivity index (χ2v) is 4.89. The standard InChI is InChI=1S/C13H18BrNO2/c1-9-6-7-11(10(2)13(9)17)15-12(16)5-3-4-8-14/h6-7,17H,3-5,8H2,1-2H3,(H,15,16). The number of nitrogens with one attached hydrogen (secondary N) is 1. The normalized spacial score (nSPS) is 10.3. The lowest BCUT2D eigenvalue weighted by Crippen LogP contribution is -2.12. The van der Waals surface area contributed by atoms with Gasteiger partial charge in [0.2, 0.25) is 5.91 Å². The predicted octanol–water partition coefficient (Wildman–Crippen LogP) is 3.51. The Morgan fingerprint density at radius 2 is 2.06 bits per heavy atom. The highest BCUT2D eigenvalue weighted by Gasteiger charge is 2.08. The topological polar surface area (TPSA) is 49.3 Å². The van der Waals surface area contributed by atoms with Gasteiger partial charge in [0, 0.05) is 23.0 Å². The summed E-state index contributed by atoms with van der Waals surface area (Å²) in [6.07, 6.45) is 2.37. The zero-order valence-electron chi connectivity index (χ0n) is 10.2. The third-order valence-corrected chi connectivity index (χ3v) is 3.26. The lowest BCUT2D eigenvalue weighted by molar-refractivity contribution is -0.116. The number of phenols is 1. The Morgan fingerprint density at radius 1 is 1.35 bits per heavy atom. The van der Waals surface area contributed by atoms with Crippen LogP contribution in [0.4, 0.5) is 5.69 Å². The van der Waals surface area contributed by atoms with Crippen molar-refractivity contribution < 1.29 is 9.90 Å². The van der Waals surface area contributed by atoms with Gasteiger partial charge in [0.1, 0.15) is 5.75 Å². The molecule has 0 aliphatic rings. The average molecular weight is 300 g/mol. The van der Waals surface area contributed by atoms with E-state index in [9.17, 15) is 9.90 Å². The summed E-state index contributed by atoms with van der Waals surface area (Å²) >= 11 is 3.33. The van der Waals surface area contributed by atoms with Crippen LogP contribution in [-0.2, 0) is 4.79 Å². The van der Waals surface area contributed by atoms with Crippen LogP contribution >= 0.6 is 15.9 Å². The molecule has 17 heavy (non-hydrogen) atoms. The number of aryl methyl sites for hydroxylation is 1. The Morgan fingerprint density at radius 3 is 2.71 bits per heavy atom. The number of carbonyl (C=O) groups is 1. The first-order chi connectivity index (χ1) is 8.06. The molecule has 0 radical (unpaired) electrons. The van der Waals surface area contributed by atoms with Crippen molar-refractivity contribution in [3.05, 3.63) is 23.3 Å². The largest absolute Gasteiger partial charge is 0.507 e. The van der Waals surface area contributed by atoms with Crippen LogP contribution in [0.3, 0.4) is 0 Å². The summed E-state index contributed by atoms with van der Waals surface area (Å²) in [4.78, 5) is 11.6. The van der Waals surface area contributed by atoms with E-state index in [-0.39, 0.29) is 11.7 Å². The SMILES string of the molecule is Cc1ccc(NC(=O)CCCCBr)c(C)c1O. The summed E-state index contributed by atoms with van der Waals surface area (Å²) in [7, 11) is 0. The van der Waals surface area contributed by atoms with E-state index in [0.717, 1.165) is 29.3 Å². The summed E-state index contributed by atoms with van der Waals surface area (Å²) in [5.41, 5.74) is 2.23. The van der Waals surface area contributed by atoms with E-state index in [1.54, 1.807) is 13.0 Å². The first-order valence-corrected chi connectivity index (χ1v) is 6.83. The fourth-order valence-electron chi connectivity index (χ4n) is 1.56. The van der Waals surface area contributed by atoms with Crippen LogP contribution in [0.5, 0.6) is 5.75 Å². The number of hydrogen-bond donors (Lipinski definition) is 2. The number of aromatic hydroxyl groups is 1. The molecule has 0 saturated heterocycles. The van der Waals surface area contributed by atoms with Gasteiger partial charge < -0.3 is 10.4 Å². The molecule has 0 unspecified atom stereocenters. The van der Waals surface area contributed by atoms with Crippen LogP contribution < -0.4 is 5.32 Å². The first-order valence-electron chi connectivity index (χ1n) is 5.71. The van der Waals surface area contributed by atoms with Gasteiger partial charge in [0.15, 0.2) is 0 Å². The molecule has 4 heteroatoms. The van der Waals surface area contributed by atoms with Gasteiger partial charge in [-0.15, -0.1) is 0 Å². The summed E-state index contributed by atoms with van der Waals surface area (Å²) in [6.45, 7) is 3.64. The molecule has 0 bridgehead atoms. The van der Waals surface area contributed by atoms with Crippen LogP contribution in [0.1, 0.15) is 30.4 Å². The molecule has 0 saturated carbocycles. The number of phenolic OH excluding ortho intramolecular Hbond substituents is 1.